The van der Waals surface area contributed by atoms with Crippen molar-refractivity contribution in [2.75, 3.05) is 7.11 Å². The van der Waals surface area contributed by atoms with Crippen molar-refractivity contribution in [1.82, 2.24) is 19.7 Å². The van der Waals surface area contributed by atoms with Gasteiger partial charge in [0.25, 0.3) is 0 Å². The number of nitrogens with two attached hydrogens (primary N) is 1. The molecule has 1 aliphatic carbocycles. The van der Waals surface area contributed by atoms with Crippen LogP contribution in [0.25, 0.3) is 22.2 Å². The highest BCUT2D eigenvalue weighted by molar-refractivity contribution is 6.31. The molecule has 3 heterocycles. The third-order valence-corrected chi connectivity index (χ3v) is 7.96. The van der Waals surface area contributed by atoms with Crippen LogP contribution >= 0.6 is 11.6 Å². The Morgan fingerprint density at radius 1 is 1.28 bits per heavy atom. The molecular weight excluding hydrogens is 481 g/mol. The Labute approximate surface area is 213 Å². The number of halogens is 2. The SMILES string of the molecule is COc1ccc(F)c(Cl)c1C(C)c1c[nH]c2ncc(-c3cnn(C4CCC(C(N)=O)CC4)c3C)cc12. The van der Waals surface area contributed by atoms with E-state index < -0.39 is 5.82 Å². The molecule has 0 spiro atoms. The van der Waals surface area contributed by atoms with Crippen LogP contribution in [0.3, 0.4) is 0 Å². The Morgan fingerprint density at radius 3 is 2.72 bits per heavy atom. The minimum Gasteiger partial charge on any atom is -0.496 e. The van der Waals surface area contributed by atoms with Crippen molar-refractivity contribution in [3.8, 4) is 16.9 Å². The second kappa shape index (κ2) is 9.58. The third kappa shape index (κ3) is 4.13. The number of primary amides is 1. The summed E-state index contributed by atoms with van der Waals surface area (Å²) >= 11 is 6.37. The summed E-state index contributed by atoms with van der Waals surface area (Å²) in [4.78, 5) is 19.4. The van der Waals surface area contributed by atoms with E-state index in [1.54, 1.807) is 13.2 Å². The number of fused-ring (bicyclic) bond motifs is 1. The number of amides is 1. The van der Waals surface area contributed by atoms with E-state index in [1.807, 2.05) is 25.5 Å². The molecule has 5 rings (SSSR count). The van der Waals surface area contributed by atoms with Crippen molar-refractivity contribution in [2.24, 2.45) is 11.7 Å². The Hall–Kier alpha value is -3.39. The van der Waals surface area contributed by atoms with Crippen molar-refractivity contribution in [2.45, 2.75) is 51.5 Å². The number of aromatic amines is 1. The molecule has 0 saturated heterocycles. The van der Waals surface area contributed by atoms with Gasteiger partial charge in [-0.15, -0.1) is 0 Å². The highest BCUT2D eigenvalue weighted by Gasteiger charge is 2.28. The summed E-state index contributed by atoms with van der Waals surface area (Å²) in [6.07, 6.45) is 8.94. The molecule has 1 aromatic carbocycles. The monoisotopic (exact) mass is 509 g/mol. The number of hydrogen-bond donors (Lipinski definition) is 2. The molecule has 1 amide bonds. The largest absolute Gasteiger partial charge is 0.496 e. The molecule has 3 aromatic heterocycles. The van der Waals surface area contributed by atoms with E-state index in [-0.39, 0.29) is 28.8 Å². The summed E-state index contributed by atoms with van der Waals surface area (Å²) in [5, 5.41) is 5.68. The topological polar surface area (TPSA) is 98.8 Å². The Kier molecular flexibility index (Phi) is 6.47. The lowest BCUT2D eigenvalue weighted by atomic mass is 9.85. The summed E-state index contributed by atoms with van der Waals surface area (Å²) in [7, 11) is 1.55. The van der Waals surface area contributed by atoms with Gasteiger partial charge >= 0.3 is 0 Å². The quantitative estimate of drug-likeness (QED) is 0.338. The van der Waals surface area contributed by atoms with Gasteiger partial charge in [-0.3, -0.25) is 9.48 Å². The average molecular weight is 510 g/mol. The van der Waals surface area contributed by atoms with Gasteiger partial charge in [0.1, 0.15) is 17.2 Å². The van der Waals surface area contributed by atoms with Gasteiger partial charge in [-0.25, -0.2) is 9.37 Å². The predicted molar refractivity (Wildman–Crippen MR) is 138 cm³/mol. The number of hydrogen-bond acceptors (Lipinski definition) is 4. The molecule has 1 fully saturated rings. The number of carbonyl (C=O) groups excluding carboxylic acids is 1. The number of carbonyl (C=O) groups is 1. The van der Waals surface area contributed by atoms with E-state index >= 15 is 0 Å². The molecule has 4 aromatic rings. The summed E-state index contributed by atoms with van der Waals surface area (Å²) in [5.41, 5.74) is 10.8. The first-order chi connectivity index (χ1) is 17.3. The molecule has 9 heteroatoms. The van der Waals surface area contributed by atoms with Crippen LogP contribution < -0.4 is 10.5 Å². The molecule has 1 unspecified atom stereocenters. The number of rotatable bonds is 6. The van der Waals surface area contributed by atoms with Crippen LogP contribution in [0.1, 0.15) is 61.4 Å². The number of benzene rings is 1. The van der Waals surface area contributed by atoms with Crippen LogP contribution in [0.5, 0.6) is 5.75 Å². The molecule has 0 radical (unpaired) electrons. The molecule has 36 heavy (non-hydrogen) atoms. The molecule has 0 aliphatic heterocycles. The number of H-pyrrole nitrogens is 1. The van der Waals surface area contributed by atoms with Gasteiger partial charge in [0, 0.05) is 52.0 Å². The van der Waals surface area contributed by atoms with Crippen LogP contribution in [0.15, 0.2) is 36.8 Å². The molecule has 1 aliphatic rings. The van der Waals surface area contributed by atoms with Gasteiger partial charge in [-0.1, -0.05) is 18.5 Å². The Bertz CT molecular complexity index is 1440. The molecule has 0 bridgehead atoms. The molecule has 188 valence electrons. The number of methoxy groups -OCH3 is 1. The minimum absolute atomic E-state index is 0.0394. The Balaban J connectivity index is 1.49. The second-order valence-corrected chi connectivity index (χ2v) is 9.94. The van der Waals surface area contributed by atoms with E-state index in [9.17, 15) is 9.18 Å². The number of pyridine rings is 1. The Morgan fingerprint density at radius 2 is 2.03 bits per heavy atom. The lowest BCUT2D eigenvalue weighted by molar-refractivity contribution is -0.122. The average Bonchev–Trinajstić information content (AvgIpc) is 3.48. The summed E-state index contributed by atoms with van der Waals surface area (Å²) in [6.45, 7) is 4.04. The lowest BCUT2D eigenvalue weighted by Gasteiger charge is -2.27. The van der Waals surface area contributed by atoms with E-state index in [2.05, 4.69) is 27.6 Å². The van der Waals surface area contributed by atoms with E-state index in [0.29, 0.717) is 11.3 Å². The molecule has 1 saturated carbocycles. The highest BCUT2D eigenvalue weighted by atomic mass is 35.5. The van der Waals surface area contributed by atoms with E-state index in [4.69, 9.17) is 27.2 Å². The van der Waals surface area contributed by atoms with Gasteiger partial charge < -0.3 is 15.5 Å². The van der Waals surface area contributed by atoms with Crippen LogP contribution in [-0.4, -0.2) is 32.8 Å². The van der Waals surface area contributed by atoms with Crippen molar-refractivity contribution >= 4 is 28.5 Å². The first-order valence-electron chi connectivity index (χ1n) is 12.1. The predicted octanol–water partition coefficient (Wildman–Crippen LogP) is 5.90. The first-order valence-corrected chi connectivity index (χ1v) is 12.5. The van der Waals surface area contributed by atoms with Crippen molar-refractivity contribution < 1.29 is 13.9 Å². The van der Waals surface area contributed by atoms with Crippen molar-refractivity contribution in [1.29, 1.82) is 0 Å². The molecule has 7 nitrogen and oxygen atoms in total. The molecular formula is C27H29ClFN5O2. The summed E-state index contributed by atoms with van der Waals surface area (Å²) < 4.78 is 21.9. The maximum atomic E-state index is 14.3. The maximum absolute atomic E-state index is 14.3. The summed E-state index contributed by atoms with van der Waals surface area (Å²) in [6, 6.07) is 5.24. The van der Waals surface area contributed by atoms with Gasteiger partial charge in [0.2, 0.25) is 5.91 Å². The lowest BCUT2D eigenvalue weighted by Crippen LogP contribution is -2.29. The third-order valence-electron chi connectivity index (χ3n) is 7.58. The second-order valence-electron chi connectivity index (χ2n) is 9.56. The highest BCUT2D eigenvalue weighted by Crippen LogP contribution is 2.41. The zero-order chi connectivity index (χ0) is 25.6. The fraction of sp³-hybridized carbons (Fsp3) is 0.370. The van der Waals surface area contributed by atoms with Crippen LogP contribution in [0, 0.1) is 18.7 Å². The van der Waals surface area contributed by atoms with E-state index in [1.165, 1.54) is 6.07 Å². The fourth-order valence-corrected chi connectivity index (χ4v) is 5.81. The zero-order valence-electron chi connectivity index (χ0n) is 20.5. The molecule has 3 N–H and O–H groups in total. The van der Waals surface area contributed by atoms with Gasteiger partial charge in [0.15, 0.2) is 0 Å². The zero-order valence-corrected chi connectivity index (χ0v) is 21.3. The fourth-order valence-electron chi connectivity index (χ4n) is 5.49. The number of aromatic nitrogens is 4. The van der Waals surface area contributed by atoms with Gasteiger partial charge in [-0.2, -0.15) is 5.10 Å². The smallest absolute Gasteiger partial charge is 0.220 e. The van der Waals surface area contributed by atoms with Gasteiger partial charge in [0.05, 0.1) is 24.4 Å². The minimum atomic E-state index is -0.481. The van der Waals surface area contributed by atoms with Gasteiger partial charge in [-0.05, 0) is 56.4 Å². The molecule has 1 atom stereocenters. The maximum Gasteiger partial charge on any atom is 0.220 e. The number of nitrogens with zero attached hydrogens (tertiary/aromatic N) is 3. The van der Waals surface area contributed by atoms with Crippen molar-refractivity contribution in [3.63, 3.8) is 0 Å². The van der Waals surface area contributed by atoms with Crippen molar-refractivity contribution in [3.05, 3.63) is 64.5 Å². The number of nitrogens with one attached hydrogen (secondary N) is 1. The first kappa shape index (κ1) is 24.3. The normalized spacial score (nSPS) is 18.9. The van der Waals surface area contributed by atoms with Crippen LogP contribution in [0.2, 0.25) is 5.02 Å². The summed E-state index contributed by atoms with van der Waals surface area (Å²) in [5.74, 6) is -0.429. The van der Waals surface area contributed by atoms with Crippen LogP contribution in [-0.2, 0) is 4.79 Å². The van der Waals surface area contributed by atoms with Crippen LogP contribution in [0.4, 0.5) is 4.39 Å². The standard InChI is InChI=1S/C27H29ClFN5O2/c1-14(24-23(36-3)9-8-22(29)25(24)28)20-12-32-27-19(20)10-17(11-31-27)21-13-33-34(15(21)2)18-6-4-16(5-7-18)26(30)35/h8-14,16,18H,4-7H2,1-3H3,(H2,30,35)(H,31,32). The number of ether oxygens (including phenoxy) is 1. The van der Waals surface area contributed by atoms with E-state index in [0.717, 1.165) is 59.1 Å².